The van der Waals surface area contributed by atoms with Crippen LogP contribution < -0.4 is 5.32 Å². The molecule has 3 heteroatoms. The lowest BCUT2D eigenvalue weighted by Gasteiger charge is -2.15. The molecule has 1 atom stereocenters. The number of carbonyl (C=O) groups is 1. The number of carbonyl (C=O) groups excluding carboxylic acids is 1. The lowest BCUT2D eigenvalue weighted by atomic mass is 9.96. The van der Waals surface area contributed by atoms with E-state index in [-0.39, 0.29) is 5.91 Å². The third-order valence-electron chi connectivity index (χ3n) is 3.06. The Morgan fingerprint density at radius 2 is 2.06 bits per heavy atom. The van der Waals surface area contributed by atoms with Gasteiger partial charge in [-0.2, -0.15) is 11.3 Å². The molecular formula is C15H17NOS. The monoisotopic (exact) mass is 259 g/mol. The van der Waals surface area contributed by atoms with Crippen molar-refractivity contribution in [2.75, 3.05) is 6.54 Å². The van der Waals surface area contributed by atoms with E-state index in [2.05, 4.69) is 24.4 Å². The molecule has 0 bridgehead atoms. The van der Waals surface area contributed by atoms with Gasteiger partial charge in [0.05, 0.1) is 0 Å². The highest BCUT2D eigenvalue weighted by atomic mass is 32.1. The van der Waals surface area contributed by atoms with Gasteiger partial charge in [0.25, 0.3) is 5.91 Å². The molecule has 1 aromatic carbocycles. The van der Waals surface area contributed by atoms with Crippen LogP contribution in [0.1, 0.15) is 35.2 Å². The molecule has 0 aliphatic carbocycles. The predicted octanol–water partition coefficient (Wildman–Crippen LogP) is 3.67. The molecule has 2 rings (SSSR count). The van der Waals surface area contributed by atoms with Gasteiger partial charge in [-0.3, -0.25) is 4.79 Å². The van der Waals surface area contributed by atoms with Crippen LogP contribution in [-0.2, 0) is 0 Å². The third kappa shape index (κ3) is 3.20. The molecule has 0 fully saturated rings. The van der Waals surface area contributed by atoms with Crippen LogP contribution >= 0.6 is 11.3 Å². The van der Waals surface area contributed by atoms with Crippen molar-refractivity contribution in [1.29, 1.82) is 0 Å². The van der Waals surface area contributed by atoms with Crippen molar-refractivity contribution in [3.05, 3.63) is 58.3 Å². The van der Waals surface area contributed by atoms with Gasteiger partial charge in [-0.05, 0) is 23.4 Å². The number of hydrogen-bond donors (Lipinski definition) is 1. The van der Waals surface area contributed by atoms with E-state index in [1.54, 1.807) is 11.3 Å². The summed E-state index contributed by atoms with van der Waals surface area (Å²) in [4.78, 5) is 11.9. The molecule has 1 heterocycles. The molecule has 0 saturated heterocycles. The number of benzene rings is 1. The lowest BCUT2D eigenvalue weighted by molar-refractivity contribution is 0.0951. The van der Waals surface area contributed by atoms with Crippen LogP contribution in [-0.4, -0.2) is 12.5 Å². The number of amides is 1. The second kappa shape index (κ2) is 6.36. The van der Waals surface area contributed by atoms with Gasteiger partial charge in [0.1, 0.15) is 0 Å². The quantitative estimate of drug-likeness (QED) is 0.872. The maximum atomic E-state index is 11.9. The minimum atomic E-state index is 0.0191. The first kappa shape index (κ1) is 12.8. The molecule has 1 amide bonds. The lowest BCUT2D eigenvalue weighted by Crippen LogP contribution is -2.27. The third-order valence-corrected chi connectivity index (χ3v) is 3.74. The first-order chi connectivity index (χ1) is 8.81. The number of hydrogen-bond acceptors (Lipinski definition) is 2. The predicted molar refractivity (Wildman–Crippen MR) is 76.1 cm³/mol. The SMILES string of the molecule is CCC(CNC(=O)c1ccsc1)c1ccccc1. The van der Waals surface area contributed by atoms with Crippen LogP contribution in [0.3, 0.4) is 0 Å². The Labute approximate surface area is 112 Å². The Morgan fingerprint density at radius 1 is 1.28 bits per heavy atom. The number of thiophene rings is 1. The Bertz CT molecular complexity index is 478. The van der Waals surface area contributed by atoms with Crippen LogP contribution in [0.2, 0.25) is 0 Å². The van der Waals surface area contributed by atoms with Gasteiger partial charge in [-0.1, -0.05) is 37.3 Å². The summed E-state index contributed by atoms with van der Waals surface area (Å²) >= 11 is 1.54. The fourth-order valence-corrected chi connectivity index (χ4v) is 2.57. The van der Waals surface area contributed by atoms with Gasteiger partial charge < -0.3 is 5.32 Å². The summed E-state index contributed by atoms with van der Waals surface area (Å²) in [7, 11) is 0. The standard InChI is InChI=1S/C15H17NOS/c1-2-12(13-6-4-3-5-7-13)10-16-15(17)14-8-9-18-11-14/h3-9,11-12H,2,10H2,1H3,(H,16,17). The summed E-state index contributed by atoms with van der Waals surface area (Å²) in [6.07, 6.45) is 1.02. The van der Waals surface area contributed by atoms with Gasteiger partial charge in [0.15, 0.2) is 0 Å². The average Bonchev–Trinajstić information content (AvgIpc) is 2.94. The zero-order chi connectivity index (χ0) is 12.8. The van der Waals surface area contributed by atoms with Crippen molar-refractivity contribution in [3.63, 3.8) is 0 Å². The molecule has 0 aliphatic rings. The van der Waals surface area contributed by atoms with Crippen molar-refractivity contribution < 1.29 is 4.79 Å². The van der Waals surface area contributed by atoms with Gasteiger partial charge in [-0.25, -0.2) is 0 Å². The maximum Gasteiger partial charge on any atom is 0.252 e. The first-order valence-corrected chi connectivity index (χ1v) is 7.11. The summed E-state index contributed by atoms with van der Waals surface area (Å²) in [6, 6.07) is 12.2. The minimum absolute atomic E-state index is 0.0191. The van der Waals surface area contributed by atoms with Crippen molar-refractivity contribution in [3.8, 4) is 0 Å². The van der Waals surface area contributed by atoms with Crippen LogP contribution in [0.15, 0.2) is 47.2 Å². The molecule has 0 aliphatic heterocycles. The van der Waals surface area contributed by atoms with Crippen molar-refractivity contribution >= 4 is 17.2 Å². The Hall–Kier alpha value is -1.61. The largest absolute Gasteiger partial charge is 0.351 e. The fourth-order valence-electron chi connectivity index (χ4n) is 1.93. The molecule has 1 aromatic heterocycles. The van der Waals surface area contributed by atoms with Crippen molar-refractivity contribution in [2.24, 2.45) is 0 Å². The molecule has 1 unspecified atom stereocenters. The fraction of sp³-hybridized carbons (Fsp3) is 0.267. The minimum Gasteiger partial charge on any atom is -0.351 e. The second-order valence-corrected chi connectivity index (χ2v) is 5.02. The van der Waals surface area contributed by atoms with Gasteiger partial charge in [-0.15, -0.1) is 0 Å². The molecule has 0 radical (unpaired) electrons. The summed E-state index contributed by atoms with van der Waals surface area (Å²) in [5, 5.41) is 6.80. The summed E-state index contributed by atoms with van der Waals surface area (Å²) in [5.74, 6) is 0.402. The highest BCUT2D eigenvalue weighted by molar-refractivity contribution is 7.08. The van der Waals surface area contributed by atoms with Gasteiger partial charge in [0.2, 0.25) is 0 Å². The average molecular weight is 259 g/mol. The Morgan fingerprint density at radius 3 is 2.67 bits per heavy atom. The van der Waals surface area contributed by atoms with E-state index < -0.39 is 0 Å². The maximum absolute atomic E-state index is 11.9. The molecular weight excluding hydrogens is 242 g/mol. The van der Waals surface area contributed by atoms with Crippen molar-refractivity contribution in [2.45, 2.75) is 19.3 Å². The van der Waals surface area contributed by atoms with Crippen LogP contribution in [0.4, 0.5) is 0 Å². The number of nitrogens with one attached hydrogen (secondary N) is 1. The molecule has 0 spiro atoms. The zero-order valence-corrected chi connectivity index (χ0v) is 11.2. The van der Waals surface area contributed by atoms with Gasteiger partial charge in [0, 0.05) is 23.4 Å². The Balaban J connectivity index is 1.94. The van der Waals surface area contributed by atoms with Gasteiger partial charge >= 0.3 is 0 Å². The van der Waals surface area contributed by atoms with E-state index >= 15 is 0 Å². The highest BCUT2D eigenvalue weighted by Crippen LogP contribution is 2.18. The molecule has 2 nitrogen and oxygen atoms in total. The summed E-state index contributed by atoms with van der Waals surface area (Å²) in [6.45, 7) is 2.84. The topological polar surface area (TPSA) is 29.1 Å². The highest BCUT2D eigenvalue weighted by Gasteiger charge is 2.11. The smallest absolute Gasteiger partial charge is 0.252 e. The first-order valence-electron chi connectivity index (χ1n) is 6.16. The normalized spacial score (nSPS) is 12.1. The zero-order valence-electron chi connectivity index (χ0n) is 10.4. The van der Waals surface area contributed by atoms with E-state index in [0.717, 1.165) is 12.0 Å². The van der Waals surface area contributed by atoms with E-state index in [0.29, 0.717) is 12.5 Å². The molecule has 1 N–H and O–H groups in total. The molecule has 18 heavy (non-hydrogen) atoms. The molecule has 94 valence electrons. The van der Waals surface area contributed by atoms with Crippen LogP contribution in [0, 0.1) is 0 Å². The van der Waals surface area contributed by atoms with Crippen LogP contribution in [0.5, 0.6) is 0 Å². The van der Waals surface area contributed by atoms with E-state index in [1.807, 2.05) is 35.0 Å². The summed E-state index contributed by atoms with van der Waals surface area (Å²) in [5.41, 5.74) is 2.04. The van der Waals surface area contributed by atoms with E-state index in [4.69, 9.17) is 0 Å². The molecule has 2 aromatic rings. The van der Waals surface area contributed by atoms with E-state index in [9.17, 15) is 4.79 Å². The Kier molecular flexibility index (Phi) is 4.53. The summed E-state index contributed by atoms with van der Waals surface area (Å²) < 4.78 is 0. The van der Waals surface area contributed by atoms with Crippen LogP contribution in [0.25, 0.3) is 0 Å². The van der Waals surface area contributed by atoms with Crippen molar-refractivity contribution in [1.82, 2.24) is 5.32 Å². The molecule has 0 saturated carbocycles. The number of rotatable bonds is 5. The second-order valence-electron chi connectivity index (χ2n) is 4.24. The van der Waals surface area contributed by atoms with E-state index in [1.165, 1.54) is 5.56 Å².